The third-order valence-corrected chi connectivity index (χ3v) is 6.09. The number of aryl methyl sites for hydroxylation is 1. The van der Waals surface area contributed by atoms with E-state index in [1.165, 1.54) is 10.4 Å². The molecule has 108 valence electrons. The molecule has 2 aliphatic rings. The van der Waals surface area contributed by atoms with Gasteiger partial charge in [0.25, 0.3) is 5.91 Å². The van der Waals surface area contributed by atoms with Crippen molar-refractivity contribution in [2.24, 2.45) is 5.73 Å². The Bertz CT molecular complexity index is 548. The Morgan fingerprint density at radius 2 is 2.25 bits per heavy atom. The second-order valence-corrected chi connectivity index (χ2v) is 7.54. The van der Waals surface area contributed by atoms with Crippen LogP contribution >= 0.6 is 23.1 Å². The minimum absolute atomic E-state index is 0.0806. The summed E-state index contributed by atoms with van der Waals surface area (Å²) < 4.78 is 0. The topological polar surface area (TPSA) is 83.6 Å². The molecular formula is C13H16N2O3S2. The van der Waals surface area contributed by atoms with E-state index in [0.717, 1.165) is 17.9 Å². The van der Waals surface area contributed by atoms with Crippen molar-refractivity contribution in [3.05, 3.63) is 21.4 Å². The lowest BCUT2D eigenvalue weighted by molar-refractivity contribution is -0.142. The molecule has 1 unspecified atom stereocenters. The van der Waals surface area contributed by atoms with Crippen molar-refractivity contribution in [2.45, 2.75) is 24.1 Å². The summed E-state index contributed by atoms with van der Waals surface area (Å²) in [4.78, 5) is 27.2. The molecule has 0 bridgehead atoms. The quantitative estimate of drug-likeness (QED) is 0.856. The van der Waals surface area contributed by atoms with Crippen LogP contribution in [-0.4, -0.2) is 46.3 Å². The smallest absolute Gasteiger partial charge is 0.325 e. The van der Waals surface area contributed by atoms with Crippen molar-refractivity contribution in [1.82, 2.24) is 4.90 Å². The van der Waals surface area contributed by atoms with Gasteiger partial charge in [0, 0.05) is 23.7 Å². The molecule has 0 aromatic carbocycles. The van der Waals surface area contributed by atoms with Gasteiger partial charge < -0.3 is 15.7 Å². The fourth-order valence-corrected chi connectivity index (χ4v) is 4.93. The van der Waals surface area contributed by atoms with Crippen LogP contribution in [0.25, 0.3) is 0 Å². The number of nitrogens with zero attached hydrogens (tertiary/aromatic N) is 1. The number of thioether (sulfide) groups is 1. The van der Waals surface area contributed by atoms with Crippen LogP contribution in [0.15, 0.2) is 6.07 Å². The third-order valence-electron chi connectivity index (χ3n) is 3.85. The summed E-state index contributed by atoms with van der Waals surface area (Å²) in [7, 11) is 0. The van der Waals surface area contributed by atoms with Gasteiger partial charge in [0.15, 0.2) is 0 Å². The Morgan fingerprint density at radius 3 is 2.90 bits per heavy atom. The molecule has 2 aliphatic heterocycles. The maximum Gasteiger partial charge on any atom is 0.325 e. The van der Waals surface area contributed by atoms with Gasteiger partial charge in [0.1, 0.15) is 5.54 Å². The largest absolute Gasteiger partial charge is 0.480 e. The molecule has 1 amide bonds. The number of aliphatic carboxylic acids is 1. The maximum atomic E-state index is 12.5. The number of likely N-dealkylation sites (tertiary alicyclic amines) is 1. The highest BCUT2D eigenvalue weighted by Gasteiger charge is 2.43. The fourth-order valence-electron chi connectivity index (χ4n) is 2.59. The van der Waals surface area contributed by atoms with Crippen molar-refractivity contribution in [2.75, 3.05) is 18.8 Å². The predicted octanol–water partition coefficient (Wildman–Crippen LogP) is 1.17. The van der Waals surface area contributed by atoms with Gasteiger partial charge in [-0.05, 0) is 30.2 Å². The molecule has 5 nitrogen and oxygen atoms in total. The molecule has 1 aromatic heterocycles. The number of nitrogens with two attached hydrogens (primary N) is 1. The number of thiophene rings is 1. The Labute approximate surface area is 125 Å². The monoisotopic (exact) mass is 312 g/mol. The summed E-state index contributed by atoms with van der Waals surface area (Å²) in [6, 6.07) is 1.96. The average Bonchev–Trinajstić information content (AvgIpc) is 3.02. The summed E-state index contributed by atoms with van der Waals surface area (Å²) in [6.45, 7) is 0.511. The molecule has 1 aromatic rings. The molecule has 3 N–H and O–H groups in total. The van der Waals surface area contributed by atoms with Crippen LogP contribution in [0.5, 0.6) is 0 Å². The summed E-state index contributed by atoms with van der Waals surface area (Å²) in [6.07, 6.45) is 1.34. The maximum absolute atomic E-state index is 12.5. The summed E-state index contributed by atoms with van der Waals surface area (Å²) in [5.74, 6) is 0.961. The zero-order chi connectivity index (χ0) is 14.3. The average molecular weight is 312 g/mol. The highest BCUT2D eigenvalue weighted by molar-refractivity contribution is 7.98. The summed E-state index contributed by atoms with van der Waals surface area (Å²) >= 11 is 3.43. The SMILES string of the molecule is NC1(C(=O)O)CCN(C(=O)c2cc3c(s2)CCSC3)C1. The Hall–Kier alpha value is -1.05. The molecule has 1 saturated heterocycles. The van der Waals surface area contributed by atoms with Gasteiger partial charge >= 0.3 is 5.97 Å². The zero-order valence-corrected chi connectivity index (χ0v) is 12.6. The van der Waals surface area contributed by atoms with E-state index in [9.17, 15) is 9.59 Å². The molecule has 0 radical (unpaired) electrons. The standard InChI is InChI=1S/C13H16N2O3S2/c14-13(12(17)18)2-3-15(7-13)11(16)10-5-8-6-19-4-1-9(8)20-10/h5H,1-4,6-7,14H2,(H,17,18). The minimum atomic E-state index is -1.29. The van der Waals surface area contributed by atoms with Gasteiger partial charge in [-0.2, -0.15) is 11.8 Å². The van der Waals surface area contributed by atoms with Gasteiger partial charge in [0.2, 0.25) is 0 Å². The number of hydrogen-bond donors (Lipinski definition) is 2. The fraction of sp³-hybridized carbons (Fsp3) is 0.538. The third kappa shape index (κ3) is 2.34. The van der Waals surface area contributed by atoms with E-state index in [0.29, 0.717) is 17.8 Å². The van der Waals surface area contributed by atoms with Gasteiger partial charge in [-0.25, -0.2) is 0 Å². The molecular weight excluding hydrogens is 296 g/mol. The number of carbonyl (C=O) groups is 2. The molecule has 3 heterocycles. The number of fused-ring (bicyclic) bond motifs is 1. The van der Waals surface area contributed by atoms with Crippen molar-refractivity contribution >= 4 is 35.0 Å². The van der Waals surface area contributed by atoms with E-state index in [1.807, 2.05) is 17.8 Å². The Balaban J connectivity index is 1.77. The number of rotatable bonds is 2. The molecule has 1 fully saturated rings. The van der Waals surface area contributed by atoms with Crippen LogP contribution in [0.3, 0.4) is 0 Å². The molecule has 7 heteroatoms. The van der Waals surface area contributed by atoms with Crippen LogP contribution < -0.4 is 5.73 Å². The van der Waals surface area contributed by atoms with Crippen molar-refractivity contribution < 1.29 is 14.7 Å². The molecule has 0 spiro atoms. The van der Waals surface area contributed by atoms with Crippen LogP contribution in [-0.2, 0) is 17.0 Å². The van der Waals surface area contributed by atoms with E-state index in [4.69, 9.17) is 10.8 Å². The second-order valence-electron chi connectivity index (χ2n) is 5.30. The van der Waals surface area contributed by atoms with Crippen LogP contribution in [0.4, 0.5) is 0 Å². The summed E-state index contributed by atoms with van der Waals surface area (Å²) in [5, 5.41) is 9.11. The second kappa shape index (κ2) is 5.05. The van der Waals surface area contributed by atoms with E-state index >= 15 is 0 Å². The molecule has 20 heavy (non-hydrogen) atoms. The Kier molecular flexibility index (Phi) is 3.51. The van der Waals surface area contributed by atoms with Gasteiger partial charge in [-0.1, -0.05) is 0 Å². The molecule has 1 atom stereocenters. The van der Waals surface area contributed by atoms with Crippen LogP contribution in [0.2, 0.25) is 0 Å². The first-order valence-corrected chi connectivity index (χ1v) is 8.47. The Morgan fingerprint density at radius 1 is 1.45 bits per heavy atom. The lowest BCUT2D eigenvalue weighted by Crippen LogP contribution is -2.50. The first kappa shape index (κ1) is 13.9. The number of carboxylic acids is 1. The van der Waals surface area contributed by atoms with Crippen molar-refractivity contribution in [3.8, 4) is 0 Å². The van der Waals surface area contributed by atoms with Crippen LogP contribution in [0.1, 0.15) is 26.5 Å². The van der Waals surface area contributed by atoms with Crippen molar-refractivity contribution in [1.29, 1.82) is 0 Å². The molecule has 0 saturated carbocycles. The van der Waals surface area contributed by atoms with Gasteiger partial charge in [-0.15, -0.1) is 11.3 Å². The minimum Gasteiger partial charge on any atom is -0.480 e. The van der Waals surface area contributed by atoms with Gasteiger partial charge in [-0.3, -0.25) is 9.59 Å². The van der Waals surface area contributed by atoms with Gasteiger partial charge in [0.05, 0.1) is 4.88 Å². The highest BCUT2D eigenvalue weighted by atomic mass is 32.2. The van der Waals surface area contributed by atoms with E-state index in [-0.39, 0.29) is 12.5 Å². The first-order chi connectivity index (χ1) is 9.49. The summed E-state index contributed by atoms with van der Waals surface area (Å²) in [5.41, 5.74) is 5.78. The number of carboxylic acid groups (broad SMARTS) is 1. The number of hydrogen-bond acceptors (Lipinski definition) is 5. The zero-order valence-electron chi connectivity index (χ0n) is 10.9. The lowest BCUT2D eigenvalue weighted by Gasteiger charge is -2.19. The lowest BCUT2D eigenvalue weighted by atomic mass is 10.0. The normalized spacial score (nSPS) is 25.6. The van der Waals surface area contributed by atoms with Crippen LogP contribution in [0, 0.1) is 0 Å². The first-order valence-electron chi connectivity index (χ1n) is 6.50. The number of carbonyl (C=O) groups excluding carboxylic acids is 1. The van der Waals surface area contributed by atoms with E-state index < -0.39 is 11.5 Å². The molecule has 3 rings (SSSR count). The van der Waals surface area contributed by atoms with E-state index in [1.54, 1.807) is 16.2 Å². The number of amides is 1. The highest BCUT2D eigenvalue weighted by Crippen LogP contribution is 2.33. The van der Waals surface area contributed by atoms with Crippen molar-refractivity contribution in [3.63, 3.8) is 0 Å². The predicted molar refractivity (Wildman–Crippen MR) is 79.3 cm³/mol. The van der Waals surface area contributed by atoms with E-state index in [2.05, 4.69) is 0 Å². The molecule has 0 aliphatic carbocycles.